The summed E-state index contributed by atoms with van der Waals surface area (Å²) in [6, 6.07) is 0.873. The highest BCUT2D eigenvalue weighted by Crippen LogP contribution is 2.42. The number of nitrogens with zero attached hydrogens (tertiary/aromatic N) is 1. The second-order valence-corrected chi connectivity index (χ2v) is 4.97. The standard InChI is InChI=1S/C14H18F3NO3/c1-2-21-13(4-7-20-8-5-13)12(19)10-9-18-6-3-11(10)14(15,16)17/h3,6,9,12,19H,2,4-5,7-8H2,1H3. The Morgan fingerprint density at radius 3 is 2.67 bits per heavy atom. The molecule has 2 heterocycles. The summed E-state index contributed by atoms with van der Waals surface area (Å²) in [4.78, 5) is 3.72. The van der Waals surface area contributed by atoms with Gasteiger partial charge in [0, 0.05) is 50.6 Å². The fourth-order valence-corrected chi connectivity index (χ4v) is 2.67. The van der Waals surface area contributed by atoms with Gasteiger partial charge in [0.15, 0.2) is 0 Å². The van der Waals surface area contributed by atoms with Crippen LogP contribution in [0.1, 0.15) is 37.0 Å². The van der Waals surface area contributed by atoms with Crippen LogP contribution < -0.4 is 0 Å². The smallest absolute Gasteiger partial charge is 0.385 e. The Morgan fingerprint density at radius 1 is 1.43 bits per heavy atom. The number of pyridine rings is 1. The predicted octanol–water partition coefficient (Wildman–Crippen LogP) is 2.72. The lowest BCUT2D eigenvalue weighted by Gasteiger charge is -2.41. The highest BCUT2D eigenvalue weighted by molar-refractivity contribution is 5.30. The van der Waals surface area contributed by atoms with E-state index in [2.05, 4.69) is 4.98 Å². The van der Waals surface area contributed by atoms with E-state index >= 15 is 0 Å². The lowest BCUT2D eigenvalue weighted by molar-refractivity contribution is -0.172. The van der Waals surface area contributed by atoms with Gasteiger partial charge in [0.25, 0.3) is 0 Å². The topological polar surface area (TPSA) is 51.6 Å². The van der Waals surface area contributed by atoms with E-state index in [0.29, 0.717) is 32.7 Å². The van der Waals surface area contributed by atoms with Gasteiger partial charge in [-0.3, -0.25) is 4.98 Å². The van der Waals surface area contributed by atoms with E-state index in [1.54, 1.807) is 6.92 Å². The molecule has 4 nitrogen and oxygen atoms in total. The van der Waals surface area contributed by atoms with Crippen LogP contribution in [-0.2, 0) is 15.7 Å². The van der Waals surface area contributed by atoms with E-state index in [4.69, 9.17) is 9.47 Å². The van der Waals surface area contributed by atoms with E-state index in [1.165, 1.54) is 0 Å². The number of hydrogen-bond donors (Lipinski definition) is 1. The summed E-state index contributed by atoms with van der Waals surface area (Å²) in [7, 11) is 0. The number of ether oxygens (including phenoxy) is 2. The fraction of sp³-hybridized carbons (Fsp3) is 0.643. The van der Waals surface area contributed by atoms with Gasteiger partial charge in [-0.15, -0.1) is 0 Å². The molecule has 0 radical (unpaired) electrons. The van der Waals surface area contributed by atoms with Crippen LogP contribution in [0.25, 0.3) is 0 Å². The Bertz CT molecular complexity index is 467. The van der Waals surface area contributed by atoms with E-state index in [1.807, 2.05) is 0 Å². The minimum absolute atomic E-state index is 0.250. The van der Waals surface area contributed by atoms with Crippen LogP contribution in [0, 0.1) is 0 Å². The number of halogens is 3. The van der Waals surface area contributed by atoms with Crippen molar-refractivity contribution < 1.29 is 27.8 Å². The molecule has 0 spiro atoms. The summed E-state index contributed by atoms with van der Waals surface area (Å²) in [5.74, 6) is 0. The van der Waals surface area contributed by atoms with Gasteiger partial charge in [-0.2, -0.15) is 13.2 Å². The lowest BCUT2D eigenvalue weighted by Crippen LogP contribution is -2.45. The van der Waals surface area contributed by atoms with Crippen molar-refractivity contribution in [1.82, 2.24) is 4.98 Å². The molecule has 1 atom stereocenters. The zero-order valence-electron chi connectivity index (χ0n) is 11.7. The first-order valence-electron chi connectivity index (χ1n) is 6.81. The normalized spacial score (nSPS) is 20.2. The van der Waals surface area contributed by atoms with E-state index in [0.717, 1.165) is 18.5 Å². The first kappa shape index (κ1) is 16.2. The molecule has 2 rings (SSSR count). The van der Waals surface area contributed by atoms with E-state index < -0.39 is 23.4 Å². The molecule has 1 aromatic rings. The SMILES string of the molecule is CCOC1(C(O)c2cnccc2C(F)(F)F)CCOCC1. The second kappa shape index (κ2) is 6.29. The average Bonchev–Trinajstić information content (AvgIpc) is 2.47. The third-order valence-corrected chi connectivity index (χ3v) is 3.72. The molecule has 1 fully saturated rings. The van der Waals surface area contributed by atoms with Crippen molar-refractivity contribution in [3.8, 4) is 0 Å². The largest absolute Gasteiger partial charge is 0.416 e. The van der Waals surface area contributed by atoms with Crippen LogP contribution in [0.5, 0.6) is 0 Å². The molecule has 7 heteroatoms. The Morgan fingerprint density at radius 2 is 2.10 bits per heavy atom. The molecule has 0 aliphatic carbocycles. The summed E-state index contributed by atoms with van der Waals surface area (Å²) in [5.41, 5.74) is -2.19. The molecule has 1 unspecified atom stereocenters. The number of alkyl halides is 3. The van der Waals surface area contributed by atoms with Crippen LogP contribution >= 0.6 is 0 Å². The zero-order chi connectivity index (χ0) is 15.5. The number of rotatable bonds is 4. The minimum Gasteiger partial charge on any atom is -0.385 e. The summed E-state index contributed by atoms with van der Waals surface area (Å²) >= 11 is 0. The van der Waals surface area contributed by atoms with Crippen molar-refractivity contribution in [2.45, 2.75) is 37.6 Å². The zero-order valence-corrected chi connectivity index (χ0v) is 11.7. The van der Waals surface area contributed by atoms with Crippen molar-refractivity contribution in [1.29, 1.82) is 0 Å². The Balaban J connectivity index is 2.39. The van der Waals surface area contributed by atoms with Crippen LogP contribution in [0.4, 0.5) is 13.2 Å². The highest BCUT2D eigenvalue weighted by atomic mass is 19.4. The number of aliphatic hydroxyl groups is 1. The molecule has 0 aromatic carbocycles. The molecule has 1 N–H and O–H groups in total. The number of aromatic nitrogens is 1. The maximum atomic E-state index is 13.1. The maximum absolute atomic E-state index is 13.1. The maximum Gasteiger partial charge on any atom is 0.416 e. The van der Waals surface area contributed by atoms with Gasteiger partial charge in [-0.25, -0.2) is 0 Å². The van der Waals surface area contributed by atoms with Crippen molar-refractivity contribution in [3.63, 3.8) is 0 Å². The Labute approximate surface area is 120 Å². The van der Waals surface area contributed by atoms with Crippen LogP contribution in [0.3, 0.4) is 0 Å². The summed E-state index contributed by atoms with van der Waals surface area (Å²) in [5, 5.41) is 10.6. The van der Waals surface area contributed by atoms with Crippen molar-refractivity contribution in [3.05, 3.63) is 29.6 Å². The summed E-state index contributed by atoms with van der Waals surface area (Å²) in [6.07, 6.45) is -3.13. The van der Waals surface area contributed by atoms with Gasteiger partial charge in [-0.05, 0) is 13.0 Å². The number of hydrogen-bond acceptors (Lipinski definition) is 4. The number of aliphatic hydroxyl groups excluding tert-OH is 1. The molecule has 1 aromatic heterocycles. The van der Waals surface area contributed by atoms with Crippen molar-refractivity contribution in [2.24, 2.45) is 0 Å². The first-order valence-corrected chi connectivity index (χ1v) is 6.81. The molecule has 0 amide bonds. The third kappa shape index (κ3) is 3.36. The van der Waals surface area contributed by atoms with Gasteiger partial charge in [0.2, 0.25) is 0 Å². The fourth-order valence-electron chi connectivity index (χ4n) is 2.67. The van der Waals surface area contributed by atoms with Gasteiger partial charge >= 0.3 is 6.18 Å². The summed E-state index contributed by atoms with van der Waals surface area (Å²) < 4.78 is 50.1. The van der Waals surface area contributed by atoms with Crippen LogP contribution in [-0.4, -0.2) is 35.5 Å². The molecule has 118 valence electrons. The summed E-state index contributed by atoms with van der Waals surface area (Å²) in [6.45, 7) is 2.74. The van der Waals surface area contributed by atoms with E-state index in [9.17, 15) is 18.3 Å². The molecule has 0 bridgehead atoms. The monoisotopic (exact) mass is 305 g/mol. The van der Waals surface area contributed by atoms with Crippen LogP contribution in [0.2, 0.25) is 0 Å². The molecular weight excluding hydrogens is 287 g/mol. The second-order valence-electron chi connectivity index (χ2n) is 4.97. The molecule has 0 saturated carbocycles. The quantitative estimate of drug-likeness (QED) is 0.929. The Hall–Kier alpha value is -1.18. The molecular formula is C14H18F3NO3. The van der Waals surface area contributed by atoms with Gasteiger partial charge in [-0.1, -0.05) is 0 Å². The van der Waals surface area contributed by atoms with E-state index in [-0.39, 0.29) is 5.56 Å². The van der Waals surface area contributed by atoms with Crippen LogP contribution in [0.15, 0.2) is 18.5 Å². The van der Waals surface area contributed by atoms with Crippen molar-refractivity contribution in [2.75, 3.05) is 19.8 Å². The van der Waals surface area contributed by atoms with Gasteiger partial charge < -0.3 is 14.6 Å². The first-order chi connectivity index (χ1) is 9.91. The van der Waals surface area contributed by atoms with Crippen molar-refractivity contribution >= 4 is 0 Å². The lowest BCUT2D eigenvalue weighted by atomic mass is 9.83. The van der Waals surface area contributed by atoms with Gasteiger partial charge in [0.1, 0.15) is 11.7 Å². The molecule has 1 aliphatic heterocycles. The molecule has 1 saturated heterocycles. The third-order valence-electron chi connectivity index (χ3n) is 3.72. The molecule has 1 aliphatic rings. The molecule has 21 heavy (non-hydrogen) atoms. The average molecular weight is 305 g/mol. The minimum atomic E-state index is -4.54. The highest BCUT2D eigenvalue weighted by Gasteiger charge is 2.45. The Kier molecular flexibility index (Phi) is 4.85. The van der Waals surface area contributed by atoms with Gasteiger partial charge in [0.05, 0.1) is 5.56 Å². The predicted molar refractivity (Wildman–Crippen MR) is 68.6 cm³/mol.